The molecule has 0 spiro atoms. The molecule has 0 saturated carbocycles. The molecule has 0 aliphatic carbocycles. The Morgan fingerprint density at radius 3 is 2.78 bits per heavy atom. The van der Waals surface area contributed by atoms with Crippen molar-refractivity contribution >= 4 is 0 Å². The summed E-state index contributed by atoms with van der Waals surface area (Å²) in [5, 5.41) is 13.1. The van der Waals surface area contributed by atoms with E-state index in [1.807, 2.05) is 25.3 Å². The lowest BCUT2D eigenvalue weighted by Crippen LogP contribution is -2.21. The first-order chi connectivity index (χ1) is 8.56. The highest BCUT2D eigenvalue weighted by Gasteiger charge is 2.21. The van der Waals surface area contributed by atoms with Gasteiger partial charge in [-0.2, -0.15) is 0 Å². The fourth-order valence-electron chi connectivity index (χ4n) is 2.24. The van der Waals surface area contributed by atoms with Crippen molar-refractivity contribution in [2.24, 2.45) is 5.73 Å². The van der Waals surface area contributed by atoms with Crippen LogP contribution in [0.1, 0.15) is 41.7 Å². The van der Waals surface area contributed by atoms with E-state index in [2.05, 4.69) is 10.1 Å². The highest BCUT2D eigenvalue weighted by Crippen LogP contribution is 2.27. The smallest absolute Gasteiger partial charge is 0.139 e. The summed E-state index contributed by atoms with van der Waals surface area (Å²) in [5.74, 6) is 0.789. The van der Waals surface area contributed by atoms with Gasteiger partial charge in [0.25, 0.3) is 0 Å². The van der Waals surface area contributed by atoms with Gasteiger partial charge in [0.15, 0.2) is 0 Å². The van der Waals surface area contributed by atoms with Crippen molar-refractivity contribution in [1.29, 1.82) is 0 Å². The van der Waals surface area contributed by atoms with Crippen LogP contribution in [0, 0.1) is 13.8 Å². The number of hydrogen-bond donors (Lipinski definition) is 2. The van der Waals surface area contributed by atoms with E-state index in [0.29, 0.717) is 0 Å². The Morgan fingerprint density at radius 2 is 2.22 bits per heavy atom. The summed E-state index contributed by atoms with van der Waals surface area (Å²) in [7, 11) is 0. The van der Waals surface area contributed by atoms with Crippen LogP contribution in [-0.2, 0) is 0 Å². The quantitative estimate of drug-likeness (QED) is 0.847. The molecule has 18 heavy (non-hydrogen) atoms. The van der Waals surface area contributed by atoms with Gasteiger partial charge in [0.2, 0.25) is 0 Å². The molecule has 0 fully saturated rings. The van der Waals surface area contributed by atoms with Gasteiger partial charge in [-0.3, -0.25) is 0 Å². The molecule has 2 aromatic heterocycles. The number of aliphatic hydroxyl groups excluding tert-OH is 1. The molecule has 0 aliphatic rings. The number of nitrogens with two attached hydrogens (primary N) is 1. The normalized spacial score (nSPS) is 14.7. The highest BCUT2D eigenvalue weighted by molar-refractivity contribution is 5.26. The molecule has 2 rings (SSSR count). The van der Waals surface area contributed by atoms with Crippen LogP contribution in [0.15, 0.2) is 17.0 Å². The van der Waals surface area contributed by atoms with Crippen LogP contribution in [0.25, 0.3) is 0 Å². The molecular formula is C12H18N4O2. The summed E-state index contributed by atoms with van der Waals surface area (Å²) in [4.78, 5) is 4.10. The van der Waals surface area contributed by atoms with E-state index in [-0.39, 0.29) is 12.6 Å². The fraction of sp³-hybridized carbons (Fsp3) is 0.500. The van der Waals surface area contributed by atoms with Crippen molar-refractivity contribution in [3.8, 4) is 0 Å². The largest absolute Gasteiger partial charge is 0.394 e. The summed E-state index contributed by atoms with van der Waals surface area (Å²) in [5.41, 5.74) is 8.54. The van der Waals surface area contributed by atoms with Crippen LogP contribution >= 0.6 is 0 Å². The maximum Gasteiger partial charge on any atom is 0.139 e. The minimum atomic E-state index is -0.435. The van der Waals surface area contributed by atoms with Gasteiger partial charge in [0.05, 0.1) is 36.4 Å². The molecule has 3 N–H and O–H groups in total. The van der Waals surface area contributed by atoms with E-state index in [4.69, 9.17) is 15.4 Å². The van der Waals surface area contributed by atoms with E-state index in [9.17, 15) is 0 Å². The van der Waals surface area contributed by atoms with Crippen LogP contribution < -0.4 is 5.73 Å². The Kier molecular flexibility index (Phi) is 3.49. The van der Waals surface area contributed by atoms with Gasteiger partial charge >= 0.3 is 0 Å². The lowest BCUT2D eigenvalue weighted by atomic mass is 10.1. The van der Waals surface area contributed by atoms with Gasteiger partial charge in [-0.05, 0) is 20.8 Å². The van der Waals surface area contributed by atoms with Gasteiger partial charge in [-0.25, -0.2) is 4.98 Å². The first kappa shape index (κ1) is 12.8. The second-order valence-corrected chi connectivity index (χ2v) is 4.43. The molecule has 98 valence electrons. The van der Waals surface area contributed by atoms with Crippen LogP contribution in [0.3, 0.4) is 0 Å². The summed E-state index contributed by atoms with van der Waals surface area (Å²) in [6.45, 7) is 5.71. The highest BCUT2D eigenvalue weighted by atomic mass is 16.5. The third kappa shape index (κ3) is 2.04. The van der Waals surface area contributed by atoms with Crippen LogP contribution in [0.4, 0.5) is 0 Å². The Bertz CT molecular complexity index is 512. The second-order valence-electron chi connectivity index (χ2n) is 4.43. The molecule has 6 nitrogen and oxygen atoms in total. The van der Waals surface area contributed by atoms with Gasteiger partial charge in [-0.1, -0.05) is 5.16 Å². The first-order valence-corrected chi connectivity index (χ1v) is 5.87. The molecule has 0 bridgehead atoms. The third-order valence-corrected chi connectivity index (χ3v) is 3.20. The van der Waals surface area contributed by atoms with E-state index < -0.39 is 6.04 Å². The fourth-order valence-corrected chi connectivity index (χ4v) is 2.24. The Labute approximate surface area is 105 Å². The molecule has 0 aromatic carbocycles. The zero-order chi connectivity index (χ0) is 13.3. The predicted octanol–water partition coefficient (Wildman–Crippen LogP) is 1.09. The topological polar surface area (TPSA) is 90.1 Å². The van der Waals surface area contributed by atoms with Crippen LogP contribution in [0.2, 0.25) is 0 Å². The zero-order valence-electron chi connectivity index (χ0n) is 10.8. The number of aryl methyl sites for hydroxylation is 2. The summed E-state index contributed by atoms with van der Waals surface area (Å²) < 4.78 is 7.11. The van der Waals surface area contributed by atoms with E-state index >= 15 is 0 Å². The number of hydrogen-bond acceptors (Lipinski definition) is 5. The number of rotatable bonds is 4. The van der Waals surface area contributed by atoms with Crippen molar-refractivity contribution in [2.75, 3.05) is 6.61 Å². The Hall–Kier alpha value is -1.66. The number of imidazole rings is 1. The minimum Gasteiger partial charge on any atom is -0.394 e. The minimum absolute atomic E-state index is 0.0198. The van der Waals surface area contributed by atoms with E-state index in [1.54, 1.807) is 12.5 Å². The maximum absolute atomic E-state index is 9.16. The van der Waals surface area contributed by atoms with Gasteiger partial charge in [-0.15, -0.1) is 0 Å². The van der Waals surface area contributed by atoms with Crippen molar-refractivity contribution in [3.63, 3.8) is 0 Å². The van der Waals surface area contributed by atoms with Crippen LogP contribution in [-0.4, -0.2) is 26.4 Å². The summed E-state index contributed by atoms with van der Waals surface area (Å²) in [6.07, 6.45) is 3.39. The van der Waals surface area contributed by atoms with Gasteiger partial charge in [0, 0.05) is 11.8 Å². The molecule has 2 unspecified atom stereocenters. The maximum atomic E-state index is 9.16. The number of nitrogens with zero attached hydrogens (tertiary/aromatic N) is 3. The molecule has 2 aromatic rings. The molecule has 0 radical (unpaired) electrons. The summed E-state index contributed by atoms with van der Waals surface area (Å²) in [6, 6.07) is -0.415. The lowest BCUT2D eigenvalue weighted by Gasteiger charge is -2.19. The van der Waals surface area contributed by atoms with E-state index in [1.165, 1.54) is 0 Å². The molecule has 2 heterocycles. The molecule has 6 heteroatoms. The molecule has 0 saturated heterocycles. The Balaban J connectivity index is 2.41. The summed E-state index contributed by atoms with van der Waals surface area (Å²) >= 11 is 0. The molecule has 2 atom stereocenters. The average Bonchev–Trinajstić information content (AvgIpc) is 2.95. The third-order valence-electron chi connectivity index (χ3n) is 3.20. The van der Waals surface area contributed by atoms with Gasteiger partial charge in [0.1, 0.15) is 5.76 Å². The van der Waals surface area contributed by atoms with Crippen molar-refractivity contribution in [2.45, 2.75) is 32.9 Å². The molecular weight excluding hydrogens is 232 g/mol. The van der Waals surface area contributed by atoms with Crippen molar-refractivity contribution in [1.82, 2.24) is 14.7 Å². The van der Waals surface area contributed by atoms with Crippen molar-refractivity contribution in [3.05, 3.63) is 35.2 Å². The molecule has 0 aliphatic heterocycles. The predicted molar refractivity (Wildman–Crippen MR) is 66.0 cm³/mol. The number of aliphatic hydroxyl groups is 1. The van der Waals surface area contributed by atoms with E-state index in [0.717, 1.165) is 22.7 Å². The first-order valence-electron chi connectivity index (χ1n) is 5.87. The van der Waals surface area contributed by atoms with Crippen LogP contribution in [0.5, 0.6) is 0 Å². The SMILES string of the molecule is Cc1noc(C)c1C(C)n1cncc1C(N)CO. The molecule has 0 amide bonds. The average molecular weight is 250 g/mol. The Morgan fingerprint density at radius 1 is 1.50 bits per heavy atom. The van der Waals surface area contributed by atoms with Crippen molar-refractivity contribution < 1.29 is 9.63 Å². The standard InChI is InChI=1S/C12H18N4O2/c1-7-12(9(3)18-15-7)8(2)16-6-14-4-11(16)10(13)5-17/h4,6,8,10,17H,5,13H2,1-3H3. The van der Waals surface area contributed by atoms with Gasteiger partial charge < -0.3 is 19.9 Å². The number of aromatic nitrogens is 3. The monoisotopic (exact) mass is 250 g/mol. The lowest BCUT2D eigenvalue weighted by molar-refractivity contribution is 0.262. The zero-order valence-corrected chi connectivity index (χ0v) is 10.8. The second kappa shape index (κ2) is 4.91.